The molecule has 0 saturated carbocycles. The minimum absolute atomic E-state index is 0.0114. The van der Waals surface area contributed by atoms with Crippen LogP contribution in [0.1, 0.15) is 26.3 Å². The van der Waals surface area contributed by atoms with Gasteiger partial charge in [0.05, 0.1) is 28.3 Å². The molecule has 86 valence electrons. The van der Waals surface area contributed by atoms with Crippen LogP contribution in [0.4, 0.5) is 0 Å². The molecule has 0 bridgehead atoms. The van der Waals surface area contributed by atoms with E-state index in [1.807, 2.05) is 0 Å². The first-order valence-corrected chi connectivity index (χ1v) is 4.96. The molecule has 0 fully saturated rings. The van der Waals surface area contributed by atoms with E-state index in [0.717, 1.165) is 0 Å². The molecule has 0 amide bonds. The van der Waals surface area contributed by atoms with Crippen LogP contribution in [0.2, 0.25) is 10.0 Å². The zero-order valence-electron chi connectivity index (χ0n) is 8.51. The number of esters is 1. The van der Waals surface area contributed by atoms with Gasteiger partial charge in [0.2, 0.25) is 0 Å². The molecule has 1 rings (SSSR count). The van der Waals surface area contributed by atoms with Crippen molar-refractivity contribution in [3.05, 3.63) is 32.8 Å². The van der Waals surface area contributed by atoms with E-state index in [9.17, 15) is 9.59 Å². The molecular weight excluding hydrogens is 255 g/mol. The third-order valence-electron chi connectivity index (χ3n) is 2.02. The predicted octanol–water partition coefficient (Wildman–Crippen LogP) is 2.79. The molecule has 0 saturated heterocycles. The third kappa shape index (κ3) is 2.13. The van der Waals surface area contributed by atoms with Crippen LogP contribution >= 0.6 is 23.2 Å². The first kappa shape index (κ1) is 12.8. The Bertz CT molecular complexity index is 468. The van der Waals surface area contributed by atoms with Gasteiger partial charge in [-0.05, 0) is 18.6 Å². The lowest BCUT2D eigenvalue weighted by atomic mass is 10.0. The summed E-state index contributed by atoms with van der Waals surface area (Å²) in [5, 5.41) is 8.68. The molecule has 0 aliphatic heterocycles. The zero-order chi connectivity index (χ0) is 12.5. The van der Waals surface area contributed by atoms with E-state index in [0.29, 0.717) is 5.56 Å². The lowest BCUT2D eigenvalue weighted by Crippen LogP contribution is -2.09. The smallest absolute Gasteiger partial charge is 0.339 e. The topological polar surface area (TPSA) is 63.6 Å². The molecule has 1 aromatic carbocycles. The molecule has 0 aliphatic carbocycles. The summed E-state index contributed by atoms with van der Waals surface area (Å²) in [4.78, 5) is 22.3. The third-order valence-corrected chi connectivity index (χ3v) is 2.69. The van der Waals surface area contributed by atoms with Crippen LogP contribution in [-0.4, -0.2) is 24.2 Å². The van der Waals surface area contributed by atoms with Crippen LogP contribution in [0, 0.1) is 6.92 Å². The molecule has 0 spiro atoms. The number of rotatable bonds is 2. The highest BCUT2D eigenvalue weighted by molar-refractivity contribution is 6.41. The number of carbonyl (C=O) groups excluding carboxylic acids is 1. The summed E-state index contributed by atoms with van der Waals surface area (Å²) >= 11 is 11.6. The second kappa shape index (κ2) is 4.72. The molecule has 0 aliphatic rings. The van der Waals surface area contributed by atoms with Crippen LogP contribution in [0.3, 0.4) is 0 Å². The number of benzene rings is 1. The van der Waals surface area contributed by atoms with Gasteiger partial charge in [0.25, 0.3) is 0 Å². The van der Waals surface area contributed by atoms with Gasteiger partial charge < -0.3 is 9.84 Å². The summed E-state index contributed by atoms with van der Waals surface area (Å²) < 4.78 is 4.51. The van der Waals surface area contributed by atoms with E-state index in [4.69, 9.17) is 28.3 Å². The Labute approximate surface area is 102 Å². The highest BCUT2D eigenvalue weighted by Crippen LogP contribution is 2.31. The molecule has 0 atom stereocenters. The number of aryl methyl sites for hydroxylation is 1. The summed E-state index contributed by atoms with van der Waals surface area (Å²) in [5.41, 5.74) is 0.187. The van der Waals surface area contributed by atoms with Gasteiger partial charge in [-0.3, -0.25) is 0 Å². The predicted molar refractivity (Wildman–Crippen MR) is 59.5 cm³/mol. The van der Waals surface area contributed by atoms with Crippen LogP contribution in [0.25, 0.3) is 0 Å². The van der Waals surface area contributed by atoms with Crippen LogP contribution < -0.4 is 0 Å². The van der Waals surface area contributed by atoms with Crippen molar-refractivity contribution in [1.82, 2.24) is 0 Å². The minimum Gasteiger partial charge on any atom is -0.478 e. The van der Waals surface area contributed by atoms with Gasteiger partial charge >= 0.3 is 11.9 Å². The van der Waals surface area contributed by atoms with E-state index in [1.165, 1.54) is 13.2 Å². The number of halogens is 2. The van der Waals surface area contributed by atoms with E-state index >= 15 is 0 Å². The van der Waals surface area contributed by atoms with E-state index < -0.39 is 11.9 Å². The largest absolute Gasteiger partial charge is 0.478 e. The fourth-order valence-electron chi connectivity index (χ4n) is 1.29. The number of aromatic carboxylic acids is 1. The number of methoxy groups -OCH3 is 1. The average molecular weight is 263 g/mol. The van der Waals surface area contributed by atoms with E-state index in [2.05, 4.69) is 4.74 Å². The molecule has 0 unspecified atom stereocenters. The monoisotopic (exact) mass is 262 g/mol. The number of hydrogen-bond acceptors (Lipinski definition) is 3. The molecule has 1 N–H and O–H groups in total. The van der Waals surface area contributed by atoms with Crippen molar-refractivity contribution in [1.29, 1.82) is 0 Å². The summed E-state index contributed by atoms with van der Waals surface area (Å²) in [6, 6.07) is 1.36. The van der Waals surface area contributed by atoms with Crippen molar-refractivity contribution in [3.8, 4) is 0 Å². The molecular formula is C10H8Cl2O4. The first-order valence-electron chi connectivity index (χ1n) is 4.20. The molecule has 1 aromatic rings. The summed E-state index contributed by atoms with van der Waals surface area (Å²) in [6.07, 6.45) is 0. The van der Waals surface area contributed by atoms with Gasteiger partial charge in [0.1, 0.15) is 0 Å². The van der Waals surface area contributed by atoms with Crippen LogP contribution in [0.15, 0.2) is 6.07 Å². The average Bonchev–Trinajstić information content (AvgIpc) is 2.15. The van der Waals surface area contributed by atoms with Crippen LogP contribution in [0.5, 0.6) is 0 Å². The van der Waals surface area contributed by atoms with Crippen molar-refractivity contribution in [3.63, 3.8) is 0 Å². The first-order chi connectivity index (χ1) is 7.40. The number of carbonyl (C=O) groups is 2. The second-order valence-corrected chi connectivity index (χ2v) is 3.82. The van der Waals surface area contributed by atoms with Gasteiger partial charge in [0, 0.05) is 0 Å². The Kier molecular flexibility index (Phi) is 3.78. The minimum atomic E-state index is -1.29. The van der Waals surface area contributed by atoms with E-state index in [-0.39, 0.29) is 21.2 Å². The number of ether oxygens (including phenoxy) is 1. The van der Waals surface area contributed by atoms with Gasteiger partial charge in [-0.25, -0.2) is 9.59 Å². The van der Waals surface area contributed by atoms with Crippen LogP contribution in [-0.2, 0) is 4.74 Å². The van der Waals surface area contributed by atoms with Gasteiger partial charge in [-0.1, -0.05) is 23.2 Å². The lowest BCUT2D eigenvalue weighted by molar-refractivity contribution is 0.0600. The van der Waals surface area contributed by atoms with Gasteiger partial charge in [-0.2, -0.15) is 0 Å². The Hall–Kier alpha value is -1.26. The normalized spacial score (nSPS) is 10.0. The quantitative estimate of drug-likeness (QED) is 0.833. The zero-order valence-corrected chi connectivity index (χ0v) is 10.0. The number of carboxylic acids is 1. The Morgan fingerprint density at radius 1 is 1.31 bits per heavy atom. The molecule has 6 heteroatoms. The van der Waals surface area contributed by atoms with Gasteiger partial charge in [0.15, 0.2) is 0 Å². The highest BCUT2D eigenvalue weighted by Gasteiger charge is 2.23. The fraction of sp³-hybridized carbons (Fsp3) is 0.200. The summed E-state index contributed by atoms with van der Waals surface area (Å²) in [6.45, 7) is 1.59. The van der Waals surface area contributed by atoms with Crippen molar-refractivity contribution in [2.75, 3.05) is 7.11 Å². The Morgan fingerprint density at radius 2 is 1.88 bits per heavy atom. The SMILES string of the molecule is COC(=O)c1c(C)cc(Cl)c(C(=O)O)c1Cl. The Morgan fingerprint density at radius 3 is 2.31 bits per heavy atom. The molecule has 16 heavy (non-hydrogen) atoms. The molecule has 0 radical (unpaired) electrons. The van der Waals surface area contributed by atoms with E-state index in [1.54, 1.807) is 6.92 Å². The fourth-order valence-corrected chi connectivity index (χ4v) is 2.08. The second-order valence-electron chi connectivity index (χ2n) is 3.04. The molecule has 0 heterocycles. The van der Waals surface area contributed by atoms with Crippen molar-refractivity contribution < 1.29 is 19.4 Å². The maximum atomic E-state index is 11.4. The van der Waals surface area contributed by atoms with Crippen molar-refractivity contribution in [2.45, 2.75) is 6.92 Å². The van der Waals surface area contributed by atoms with Crippen molar-refractivity contribution >= 4 is 35.1 Å². The molecule has 4 nitrogen and oxygen atoms in total. The maximum Gasteiger partial charge on any atom is 0.339 e. The number of carboxylic acid groups (broad SMARTS) is 1. The summed E-state index contributed by atoms with van der Waals surface area (Å²) in [7, 11) is 1.19. The highest BCUT2D eigenvalue weighted by atomic mass is 35.5. The molecule has 0 aromatic heterocycles. The number of hydrogen-bond donors (Lipinski definition) is 1. The lowest BCUT2D eigenvalue weighted by Gasteiger charge is -2.10. The standard InChI is InChI=1S/C10H8Cl2O4/c1-4-3-5(11)7(9(13)14)8(12)6(4)10(15)16-2/h3H,1-2H3,(H,13,14). The van der Waals surface area contributed by atoms with Gasteiger partial charge in [-0.15, -0.1) is 0 Å². The Balaban J connectivity index is 3.57. The van der Waals surface area contributed by atoms with Crippen molar-refractivity contribution in [2.24, 2.45) is 0 Å². The summed E-state index contributed by atoms with van der Waals surface area (Å²) in [5.74, 6) is -1.98. The maximum absolute atomic E-state index is 11.4.